The van der Waals surface area contributed by atoms with Crippen molar-refractivity contribution < 1.29 is 23.8 Å². The molecule has 11 nitrogen and oxygen atoms in total. The number of amides is 1. The van der Waals surface area contributed by atoms with Gasteiger partial charge in [0.15, 0.2) is 23.0 Å². The Balaban J connectivity index is 1.19. The molecule has 1 aliphatic heterocycles. The van der Waals surface area contributed by atoms with Crippen LogP contribution in [0, 0.1) is 0 Å². The topological polar surface area (TPSA) is 129 Å². The summed E-state index contributed by atoms with van der Waals surface area (Å²) in [7, 11) is 1.32. The van der Waals surface area contributed by atoms with E-state index in [4.69, 9.17) is 9.47 Å². The fourth-order valence-corrected chi connectivity index (χ4v) is 3.58. The largest absolute Gasteiger partial charge is 0.465 e. The van der Waals surface area contributed by atoms with Crippen molar-refractivity contribution in [1.29, 1.82) is 0 Å². The maximum atomic E-state index is 12.4. The summed E-state index contributed by atoms with van der Waals surface area (Å²) in [5.74, 6) is 2.06. The molecule has 0 bridgehead atoms. The first-order valence-corrected chi connectivity index (χ1v) is 10.9. The monoisotopic (exact) mass is 474 g/mol. The number of anilines is 2. The Morgan fingerprint density at radius 3 is 2.69 bits per heavy atom. The first kappa shape index (κ1) is 22.1. The minimum absolute atomic E-state index is 0.190. The molecule has 0 aliphatic carbocycles. The number of esters is 1. The fraction of sp³-hybridized carbons (Fsp3) is 0.208. The maximum Gasteiger partial charge on any atom is 0.337 e. The van der Waals surface area contributed by atoms with Crippen molar-refractivity contribution in [3.63, 3.8) is 0 Å². The quantitative estimate of drug-likeness (QED) is 0.370. The van der Waals surface area contributed by atoms with Crippen LogP contribution in [0.3, 0.4) is 0 Å². The number of ether oxygens (including phenoxy) is 3. The second kappa shape index (κ2) is 9.67. The van der Waals surface area contributed by atoms with Crippen LogP contribution in [0.4, 0.5) is 11.5 Å². The number of nitrogens with zero attached hydrogens (tertiary/aromatic N) is 4. The predicted octanol–water partition coefficient (Wildman–Crippen LogP) is 2.82. The van der Waals surface area contributed by atoms with Gasteiger partial charge in [-0.05, 0) is 54.1 Å². The number of aryl methyl sites for hydroxylation is 1. The molecule has 0 saturated heterocycles. The molecule has 0 saturated carbocycles. The van der Waals surface area contributed by atoms with Crippen LogP contribution < -0.4 is 20.1 Å². The summed E-state index contributed by atoms with van der Waals surface area (Å²) in [4.78, 5) is 23.9. The first-order chi connectivity index (χ1) is 17.1. The van der Waals surface area contributed by atoms with E-state index in [1.54, 1.807) is 28.8 Å². The van der Waals surface area contributed by atoms with Gasteiger partial charge in [0.1, 0.15) is 5.82 Å². The van der Waals surface area contributed by atoms with Crippen molar-refractivity contribution in [2.24, 2.45) is 0 Å². The highest BCUT2D eigenvalue weighted by atomic mass is 16.7. The molecule has 5 rings (SSSR count). The number of hydrogen-bond acceptors (Lipinski definition) is 9. The lowest BCUT2D eigenvalue weighted by Crippen LogP contribution is -2.14. The Labute approximate surface area is 200 Å². The summed E-state index contributed by atoms with van der Waals surface area (Å²) < 4.78 is 17.1. The zero-order chi connectivity index (χ0) is 24.2. The van der Waals surface area contributed by atoms with Crippen LogP contribution in [0.1, 0.15) is 28.2 Å². The highest BCUT2D eigenvalue weighted by molar-refractivity contribution is 5.93. The lowest BCUT2D eigenvalue weighted by atomic mass is 10.2. The van der Waals surface area contributed by atoms with E-state index in [1.807, 2.05) is 30.3 Å². The summed E-state index contributed by atoms with van der Waals surface area (Å²) in [5, 5.41) is 19.0. The summed E-state index contributed by atoms with van der Waals surface area (Å²) in [6, 6.07) is 15.9. The molecule has 2 N–H and O–H groups in total. The maximum absolute atomic E-state index is 12.4. The standard InChI is InChI=1S/C24H22N6O5/c1-33-24(32)16-3-5-17(6-4-16)26-23(31)11-10-22-28-27-21-9-8-20(29-30(21)22)25-13-15-2-7-18-19(12-15)35-14-34-18/h2-9,12H,10-11,13-14H2,1H3,(H,25,29)(H,26,31). The number of carbonyl (C=O) groups is 2. The Morgan fingerprint density at radius 1 is 1.03 bits per heavy atom. The Kier molecular flexibility index (Phi) is 6.12. The van der Waals surface area contributed by atoms with E-state index in [1.165, 1.54) is 7.11 Å². The highest BCUT2D eigenvalue weighted by Crippen LogP contribution is 2.32. The van der Waals surface area contributed by atoms with Crippen LogP contribution in [0.5, 0.6) is 11.5 Å². The molecule has 3 heterocycles. The van der Waals surface area contributed by atoms with Gasteiger partial charge in [0, 0.05) is 25.1 Å². The van der Waals surface area contributed by atoms with E-state index in [-0.39, 0.29) is 19.1 Å². The third kappa shape index (κ3) is 4.98. The van der Waals surface area contributed by atoms with E-state index in [0.29, 0.717) is 41.5 Å². The third-order valence-electron chi connectivity index (χ3n) is 5.40. The van der Waals surface area contributed by atoms with Crippen LogP contribution in [0.25, 0.3) is 5.65 Å². The molecule has 4 aromatic rings. The molecular formula is C24H22N6O5. The summed E-state index contributed by atoms with van der Waals surface area (Å²) >= 11 is 0. The number of hydrogen-bond donors (Lipinski definition) is 2. The number of carbonyl (C=O) groups excluding carboxylic acids is 2. The molecule has 0 unspecified atom stereocenters. The van der Waals surface area contributed by atoms with Gasteiger partial charge < -0.3 is 24.8 Å². The minimum Gasteiger partial charge on any atom is -0.465 e. The van der Waals surface area contributed by atoms with Gasteiger partial charge in [-0.25, -0.2) is 4.79 Å². The van der Waals surface area contributed by atoms with Gasteiger partial charge in [0.05, 0.1) is 12.7 Å². The van der Waals surface area contributed by atoms with Crippen molar-refractivity contribution in [3.8, 4) is 11.5 Å². The van der Waals surface area contributed by atoms with Crippen LogP contribution in [-0.2, 0) is 22.5 Å². The van der Waals surface area contributed by atoms with E-state index in [9.17, 15) is 9.59 Å². The summed E-state index contributed by atoms with van der Waals surface area (Å²) in [6.45, 7) is 0.782. The van der Waals surface area contributed by atoms with Crippen molar-refractivity contribution in [1.82, 2.24) is 19.8 Å². The number of methoxy groups -OCH3 is 1. The zero-order valence-corrected chi connectivity index (χ0v) is 18.9. The Hall–Kier alpha value is -4.67. The van der Waals surface area contributed by atoms with Crippen molar-refractivity contribution >= 4 is 29.0 Å². The average Bonchev–Trinajstić information content (AvgIpc) is 3.52. The van der Waals surface area contributed by atoms with Crippen LogP contribution in [0.15, 0.2) is 54.6 Å². The second-order valence-corrected chi connectivity index (χ2v) is 7.76. The van der Waals surface area contributed by atoms with Gasteiger partial charge in [-0.2, -0.15) is 4.52 Å². The molecule has 1 amide bonds. The number of aromatic nitrogens is 4. The lowest BCUT2D eigenvalue weighted by molar-refractivity contribution is -0.116. The van der Waals surface area contributed by atoms with Crippen molar-refractivity contribution in [2.75, 3.05) is 24.5 Å². The van der Waals surface area contributed by atoms with Gasteiger partial charge in [-0.1, -0.05) is 6.07 Å². The molecule has 1 aliphatic rings. The third-order valence-corrected chi connectivity index (χ3v) is 5.40. The predicted molar refractivity (Wildman–Crippen MR) is 125 cm³/mol. The van der Waals surface area contributed by atoms with Crippen LogP contribution in [0.2, 0.25) is 0 Å². The zero-order valence-electron chi connectivity index (χ0n) is 18.9. The number of rotatable bonds is 8. The molecule has 0 radical (unpaired) electrons. The Morgan fingerprint density at radius 2 is 1.86 bits per heavy atom. The van der Waals surface area contributed by atoms with Crippen LogP contribution in [-0.4, -0.2) is 45.6 Å². The molecule has 0 atom stereocenters. The molecule has 0 fully saturated rings. The SMILES string of the molecule is COC(=O)c1ccc(NC(=O)CCc2nnc3ccc(NCc4ccc5c(c4)OCO5)nn23)cc1. The Bertz CT molecular complexity index is 1390. The average molecular weight is 474 g/mol. The molecule has 178 valence electrons. The molecule has 11 heteroatoms. The first-order valence-electron chi connectivity index (χ1n) is 10.9. The lowest BCUT2D eigenvalue weighted by Gasteiger charge is -2.08. The molecule has 2 aromatic heterocycles. The van der Waals surface area contributed by atoms with E-state index in [0.717, 1.165) is 17.1 Å². The summed E-state index contributed by atoms with van der Waals surface area (Å²) in [6.07, 6.45) is 0.544. The van der Waals surface area contributed by atoms with E-state index < -0.39 is 5.97 Å². The van der Waals surface area contributed by atoms with Crippen molar-refractivity contribution in [2.45, 2.75) is 19.4 Å². The molecular weight excluding hydrogens is 452 g/mol. The van der Waals surface area contributed by atoms with Gasteiger partial charge in [-0.3, -0.25) is 4.79 Å². The van der Waals surface area contributed by atoms with E-state index in [2.05, 4.69) is 30.7 Å². The van der Waals surface area contributed by atoms with E-state index >= 15 is 0 Å². The number of fused-ring (bicyclic) bond motifs is 2. The molecule has 35 heavy (non-hydrogen) atoms. The second-order valence-electron chi connectivity index (χ2n) is 7.76. The van der Waals surface area contributed by atoms with Crippen molar-refractivity contribution in [3.05, 3.63) is 71.5 Å². The van der Waals surface area contributed by atoms with Gasteiger partial charge in [0.2, 0.25) is 12.7 Å². The number of benzene rings is 2. The van der Waals surface area contributed by atoms with Gasteiger partial charge in [-0.15, -0.1) is 15.3 Å². The normalized spacial score (nSPS) is 11.9. The fourth-order valence-electron chi connectivity index (χ4n) is 3.58. The molecule has 0 spiro atoms. The number of nitrogens with one attached hydrogen (secondary N) is 2. The van der Waals surface area contributed by atoms with Gasteiger partial charge >= 0.3 is 5.97 Å². The smallest absolute Gasteiger partial charge is 0.337 e. The minimum atomic E-state index is -0.432. The van der Waals surface area contributed by atoms with Crippen LogP contribution >= 0.6 is 0 Å². The molecule has 2 aromatic carbocycles. The van der Waals surface area contributed by atoms with Gasteiger partial charge in [0.25, 0.3) is 0 Å². The summed E-state index contributed by atoms with van der Waals surface area (Å²) in [5.41, 5.74) is 2.61. The highest BCUT2D eigenvalue weighted by Gasteiger charge is 2.14.